The molecule has 5 nitrogen and oxygen atoms in total. The molecule has 2 saturated heterocycles. The van der Waals surface area contributed by atoms with Crippen LogP contribution in [-0.4, -0.2) is 34.3 Å². The molecule has 0 saturated carbocycles. The molecule has 106 valence electrons. The maximum Gasteiger partial charge on any atom is 0.160 e. The van der Waals surface area contributed by atoms with Crippen molar-refractivity contribution in [2.45, 2.75) is 37.8 Å². The Bertz CT molecular complexity index is 597. The monoisotopic (exact) mass is 272 g/mol. The van der Waals surface area contributed by atoms with Crippen LogP contribution in [0.25, 0.3) is 11.2 Å². The van der Waals surface area contributed by atoms with Crippen molar-refractivity contribution < 1.29 is 4.74 Å². The summed E-state index contributed by atoms with van der Waals surface area (Å²) in [5.74, 6) is 1.15. The van der Waals surface area contributed by atoms with Crippen LogP contribution in [0.4, 0.5) is 0 Å². The number of ether oxygens (including phenoxy) is 1. The number of pyridine rings is 1. The summed E-state index contributed by atoms with van der Waals surface area (Å²) in [4.78, 5) is 9.42. The maximum absolute atomic E-state index is 5.68. The standard InChI is InChI=1S/C15H20N4O/c1-5-12(16-7-1)15-18-13-6-2-8-17-14(13)19(15)11-4-3-9-20-10-11/h2,6,8,11-12,16H,1,3-5,7,9-10H2. The minimum atomic E-state index is 0.367. The molecule has 2 aliphatic heterocycles. The average molecular weight is 272 g/mol. The molecule has 2 aromatic heterocycles. The fourth-order valence-electron chi connectivity index (χ4n) is 3.39. The average Bonchev–Trinajstić information content (AvgIpc) is 3.15. The third kappa shape index (κ3) is 2.01. The van der Waals surface area contributed by atoms with Gasteiger partial charge in [-0.25, -0.2) is 9.97 Å². The van der Waals surface area contributed by atoms with Crippen LogP contribution in [0, 0.1) is 0 Å². The van der Waals surface area contributed by atoms with Gasteiger partial charge in [-0.05, 0) is 44.4 Å². The summed E-state index contributed by atoms with van der Waals surface area (Å²) < 4.78 is 8.01. The van der Waals surface area contributed by atoms with Crippen molar-refractivity contribution in [3.63, 3.8) is 0 Å². The van der Waals surface area contributed by atoms with E-state index in [4.69, 9.17) is 9.72 Å². The van der Waals surface area contributed by atoms with E-state index < -0.39 is 0 Å². The minimum Gasteiger partial charge on any atom is -0.379 e. The zero-order chi connectivity index (χ0) is 13.4. The predicted molar refractivity (Wildman–Crippen MR) is 76.6 cm³/mol. The van der Waals surface area contributed by atoms with Gasteiger partial charge in [-0.2, -0.15) is 0 Å². The van der Waals surface area contributed by atoms with Gasteiger partial charge in [0.05, 0.1) is 18.7 Å². The quantitative estimate of drug-likeness (QED) is 0.910. The van der Waals surface area contributed by atoms with E-state index in [1.54, 1.807) is 0 Å². The summed E-state index contributed by atoms with van der Waals surface area (Å²) in [5.41, 5.74) is 2.01. The molecule has 1 N–H and O–H groups in total. The maximum atomic E-state index is 5.68. The van der Waals surface area contributed by atoms with E-state index in [1.807, 2.05) is 12.3 Å². The third-order valence-electron chi connectivity index (χ3n) is 4.35. The van der Waals surface area contributed by atoms with Crippen molar-refractivity contribution in [3.8, 4) is 0 Å². The topological polar surface area (TPSA) is 52.0 Å². The number of fused-ring (bicyclic) bond motifs is 1. The lowest BCUT2D eigenvalue weighted by Crippen LogP contribution is -2.26. The van der Waals surface area contributed by atoms with Gasteiger partial charge in [0.25, 0.3) is 0 Å². The van der Waals surface area contributed by atoms with Crippen LogP contribution in [-0.2, 0) is 4.74 Å². The van der Waals surface area contributed by atoms with Crippen molar-refractivity contribution in [2.24, 2.45) is 0 Å². The molecule has 2 atom stereocenters. The predicted octanol–water partition coefficient (Wildman–Crippen LogP) is 2.21. The van der Waals surface area contributed by atoms with E-state index in [0.29, 0.717) is 12.1 Å². The second-order valence-electron chi connectivity index (χ2n) is 5.71. The highest BCUT2D eigenvalue weighted by molar-refractivity contribution is 5.71. The van der Waals surface area contributed by atoms with Gasteiger partial charge in [-0.15, -0.1) is 0 Å². The number of hydrogen-bond acceptors (Lipinski definition) is 4. The van der Waals surface area contributed by atoms with Crippen LogP contribution in [0.5, 0.6) is 0 Å². The molecule has 0 aliphatic carbocycles. The highest BCUT2D eigenvalue weighted by atomic mass is 16.5. The minimum absolute atomic E-state index is 0.367. The van der Waals surface area contributed by atoms with Gasteiger partial charge < -0.3 is 14.6 Å². The number of aromatic nitrogens is 3. The van der Waals surface area contributed by atoms with Crippen molar-refractivity contribution >= 4 is 11.2 Å². The Morgan fingerprint density at radius 3 is 3.10 bits per heavy atom. The van der Waals surface area contributed by atoms with Crippen LogP contribution in [0.2, 0.25) is 0 Å². The molecule has 0 bridgehead atoms. The molecule has 4 heterocycles. The largest absolute Gasteiger partial charge is 0.379 e. The third-order valence-corrected chi connectivity index (χ3v) is 4.35. The lowest BCUT2D eigenvalue weighted by atomic mass is 10.1. The zero-order valence-corrected chi connectivity index (χ0v) is 11.6. The number of hydrogen-bond donors (Lipinski definition) is 1. The van der Waals surface area contributed by atoms with Crippen LogP contribution < -0.4 is 5.32 Å². The Hall–Kier alpha value is -1.46. The van der Waals surface area contributed by atoms with Gasteiger partial charge in [0, 0.05) is 12.8 Å². The van der Waals surface area contributed by atoms with Gasteiger partial charge >= 0.3 is 0 Å². The molecule has 0 spiro atoms. The summed E-state index contributed by atoms with van der Waals surface area (Å²) in [6.07, 6.45) is 6.52. The van der Waals surface area contributed by atoms with Gasteiger partial charge in [0.1, 0.15) is 11.3 Å². The summed E-state index contributed by atoms with van der Waals surface area (Å²) in [5, 5.41) is 3.56. The van der Waals surface area contributed by atoms with E-state index in [-0.39, 0.29) is 0 Å². The van der Waals surface area contributed by atoms with Gasteiger partial charge in [-0.1, -0.05) is 0 Å². The first kappa shape index (κ1) is 12.3. The lowest BCUT2D eigenvalue weighted by Gasteiger charge is -2.26. The van der Waals surface area contributed by atoms with Crippen molar-refractivity contribution in [3.05, 3.63) is 24.2 Å². The second-order valence-corrected chi connectivity index (χ2v) is 5.71. The molecule has 2 aromatic rings. The van der Waals surface area contributed by atoms with E-state index >= 15 is 0 Å². The van der Waals surface area contributed by atoms with Crippen LogP contribution in [0.15, 0.2) is 18.3 Å². The Morgan fingerprint density at radius 1 is 1.30 bits per heavy atom. The summed E-state index contributed by atoms with van der Waals surface area (Å²) in [7, 11) is 0. The van der Waals surface area contributed by atoms with E-state index in [0.717, 1.165) is 56.0 Å². The van der Waals surface area contributed by atoms with E-state index in [1.165, 1.54) is 6.42 Å². The normalized spacial score (nSPS) is 27.2. The number of nitrogens with zero attached hydrogens (tertiary/aromatic N) is 3. The van der Waals surface area contributed by atoms with E-state index in [2.05, 4.69) is 20.9 Å². The first-order valence-corrected chi connectivity index (χ1v) is 7.57. The fourth-order valence-corrected chi connectivity index (χ4v) is 3.39. The van der Waals surface area contributed by atoms with Crippen molar-refractivity contribution in [1.82, 2.24) is 19.9 Å². The summed E-state index contributed by atoms with van der Waals surface area (Å²) >= 11 is 0. The van der Waals surface area contributed by atoms with Gasteiger partial charge in [-0.3, -0.25) is 0 Å². The van der Waals surface area contributed by atoms with Crippen LogP contribution in [0.3, 0.4) is 0 Å². The van der Waals surface area contributed by atoms with Crippen LogP contribution in [0.1, 0.15) is 43.6 Å². The van der Waals surface area contributed by atoms with Gasteiger partial charge in [0.2, 0.25) is 0 Å². The molecule has 0 aromatic carbocycles. The van der Waals surface area contributed by atoms with E-state index in [9.17, 15) is 0 Å². The molecule has 0 radical (unpaired) electrons. The Balaban J connectivity index is 1.83. The van der Waals surface area contributed by atoms with Gasteiger partial charge in [0.15, 0.2) is 5.65 Å². The molecular formula is C15H20N4O. The highest BCUT2D eigenvalue weighted by Crippen LogP contribution is 2.31. The number of nitrogens with one attached hydrogen (secondary N) is 1. The summed E-state index contributed by atoms with van der Waals surface area (Å²) in [6.45, 7) is 2.75. The molecule has 2 unspecified atom stereocenters. The summed E-state index contributed by atoms with van der Waals surface area (Å²) in [6, 6.07) is 4.76. The zero-order valence-electron chi connectivity index (χ0n) is 11.6. The molecular weight excluding hydrogens is 252 g/mol. The first-order valence-electron chi connectivity index (χ1n) is 7.57. The molecule has 4 rings (SSSR count). The first-order chi connectivity index (χ1) is 9.93. The Morgan fingerprint density at radius 2 is 2.30 bits per heavy atom. The Kier molecular flexibility index (Phi) is 3.16. The number of rotatable bonds is 2. The van der Waals surface area contributed by atoms with Crippen molar-refractivity contribution in [2.75, 3.05) is 19.8 Å². The molecule has 5 heteroatoms. The smallest absolute Gasteiger partial charge is 0.160 e. The molecule has 20 heavy (non-hydrogen) atoms. The second kappa shape index (κ2) is 5.14. The highest BCUT2D eigenvalue weighted by Gasteiger charge is 2.28. The molecule has 2 aliphatic rings. The number of imidazole rings is 1. The Labute approximate surface area is 118 Å². The lowest BCUT2D eigenvalue weighted by molar-refractivity contribution is 0.0589. The van der Waals surface area contributed by atoms with Crippen LogP contribution >= 0.6 is 0 Å². The van der Waals surface area contributed by atoms with Crippen molar-refractivity contribution in [1.29, 1.82) is 0 Å². The SMILES string of the molecule is c1cnc2c(c1)nc(C1CCCN1)n2C1CCCOC1. The molecule has 0 amide bonds. The molecule has 2 fully saturated rings. The fraction of sp³-hybridized carbons (Fsp3) is 0.600.